The number of ether oxygens (including phenoxy) is 1. The third-order valence-electron chi connectivity index (χ3n) is 3.18. The van der Waals surface area contributed by atoms with Gasteiger partial charge in [-0.2, -0.15) is 0 Å². The molecule has 7 heteroatoms. The van der Waals surface area contributed by atoms with Gasteiger partial charge in [0.15, 0.2) is 0 Å². The zero-order chi connectivity index (χ0) is 14.7. The first-order chi connectivity index (χ1) is 10.2. The molecule has 1 aliphatic rings. The number of urea groups is 1. The van der Waals surface area contributed by atoms with Crippen LogP contribution in [-0.4, -0.2) is 22.8 Å². The van der Waals surface area contributed by atoms with Crippen molar-refractivity contribution in [1.29, 1.82) is 0 Å². The molecule has 2 aromatic rings. The molecule has 3 rings (SSSR count). The average Bonchev–Trinajstić information content (AvgIpc) is 3.12. The second-order valence-electron chi connectivity index (χ2n) is 4.89. The zero-order valence-corrected chi connectivity index (χ0v) is 12.4. The summed E-state index contributed by atoms with van der Waals surface area (Å²) in [5.74, 6) is 0. The Balaban J connectivity index is 1.58. The second kappa shape index (κ2) is 6.19. The van der Waals surface area contributed by atoms with Crippen LogP contribution in [0.5, 0.6) is 0 Å². The number of aryl methyl sites for hydroxylation is 1. The summed E-state index contributed by atoms with van der Waals surface area (Å²) in [7, 11) is 0. The Bertz CT molecular complexity index is 620. The lowest BCUT2D eigenvalue weighted by Crippen LogP contribution is -2.19. The van der Waals surface area contributed by atoms with Crippen LogP contribution in [-0.2, 0) is 4.74 Å². The number of anilines is 2. The Hall–Kier alpha value is -1.99. The Morgan fingerprint density at radius 2 is 2.10 bits per heavy atom. The molecule has 0 aliphatic carbocycles. The van der Waals surface area contributed by atoms with Crippen molar-refractivity contribution in [3.8, 4) is 0 Å². The zero-order valence-electron chi connectivity index (χ0n) is 11.6. The molecule has 2 N–H and O–H groups in total. The summed E-state index contributed by atoms with van der Waals surface area (Å²) >= 11 is 1.35. The topological polar surface area (TPSA) is 76.1 Å². The lowest BCUT2D eigenvalue weighted by molar-refractivity contribution is 0.111. The van der Waals surface area contributed by atoms with Crippen LogP contribution in [0.3, 0.4) is 0 Å². The highest BCUT2D eigenvalue weighted by molar-refractivity contribution is 7.15. The fourth-order valence-corrected chi connectivity index (χ4v) is 2.91. The maximum atomic E-state index is 11.9. The minimum atomic E-state index is -0.325. The smallest absolute Gasteiger partial charge is 0.325 e. The van der Waals surface area contributed by atoms with E-state index in [1.54, 1.807) is 0 Å². The Morgan fingerprint density at radius 1 is 1.29 bits per heavy atom. The SMILES string of the molecule is Cc1ccc(NC(=O)Nc2nnc(C3CCCO3)s2)cc1. The molecule has 6 nitrogen and oxygen atoms in total. The normalized spacial score (nSPS) is 17.7. The summed E-state index contributed by atoms with van der Waals surface area (Å²) in [4.78, 5) is 11.9. The van der Waals surface area contributed by atoms with Gasteiger partial charge in [-0.1, -0.05) is 29.0 Å². The Labute approximate surface area is 126 Å². The molecule has 1 unspecified atom stereocenters. The summed E-state index contributed by atoms with van der Waals surface area (Å²) in [6, 6.07) is 7.26. The first-order valence-corrected chi connectivity index (χ1v) is 7.62. The van der Waals surface area contributed by atoms with Crippen LogP contribution in [0.1, 0.15) is 29.5 Å². The highest BCUT2D eigenvalue weighted by Crippen LogP contribution is 2.31. The summed E-state index contributed by atoms with van der Waals surface area (Å²) in [6.45, 7) is 2.76. The lowest BCUT2D eigenvalue weighted by atomic mass is 10.2. The van der Waals surface area contributed by atoms with Gasteiger partial charge in [-0.3, -0.25) is 5.32 Å². The van der Waals surface area contributed by atoms with Crippen LogP contribution in [0.25, 0.3) is 0 Å². The van der Waals surface area contributed by atoms with Gasteiger partial charge in [0.2, 0.25) is 5.13 Å². The van der Waals surface area contributed by atoms with Crippen LogP contribution in [0, 0.1) is 6.92 Å². The summed E-state index contributed by atoms with van der Waals surface area (Å²) in [5, 5.41) is 14.8. The molecule has 0 saturated carbocycles. The summed E-state index contributed by atoms with van der Waals surface area (Å²) < 4.78 is 5.54. The molecule has 1 aromatic heterocycles. The van der Waals surface area contributed by atoms with Gasteiger partial charge in [-0.05, 0) is 31.9 Å². The third-order valence-corrected chi connectivity index (χ3v) is 4.11. The third kappa shape index (κ3) is 3.56. The van der Waals surface area contributed by atoms with E-state index < -0.39 is 0 Å². The van der Waals surface area contributed by atoms with E-state index in [2.05, 4.69) is 20.8 Å². The van der Waals surface area contributed by atoms with E-state index in [1.165, 1.54) is 11.3 Å². The molecule has 1 aliphatic heterocycles. The number of nitrogens with zero attached hydrogens (tertiary/aromatic N) is 2. The molecule has 2 amide bonds. The van der Waals surface area contributed by atoms with Gasteiger partial charge >= 0.3 is 6.03 Å². The number of carbonyl (C=O) groups excluding carboxylic acids is 1. The van der Waals surface area contributed by atoms with Gasteiger partial charge in [-0.25, -0.2) is 4.79 Å². The van der Waals surface area contributed by atoms with E-state index in [0.29, 0.717) is 5.13 Å². The number of rotatable bonds is 3. The van der Waals surface area contributed by atoms with Crippen molar-refractivity contribution in [2.45, 2.75) is 25.9 Å². The van der Waals surface area contributed by atoms with Crippen molar-refractivity contribution in [2.75, 3.05) is 17.2 Å². The number of benzene rings is 1. The Morgan fingerprint density at radius 3 is 2.81 bits per heavy atom. The molecule has 2 heterocycles. The molecule has 0 bridgehead atoms. The number of carbonyl (C=O) groups is 1. The Kier molecular flexibility index (Phi) is 4.12. The van der Waals surface area contributed by atoms with Crippen molar-refractivity contribution in [1.82, 2.24) is 10.2 Å². The van der Waals surface area contributed by atoms with Crippen molar-refractivity contribution in [3.63, 3.8) is 0 Å². The van der Waals surface area contributed by atoms with Crippen molar-refractivity contribution in [2.24, 2.45) is 0 Å². The molecule has 0 radical (unpaired) electrons. The van der Waals surface area contributed by atoms with E-state index in [-0.39, 0.29) is 12.1 Å². The van der Waals surface area contributed by atoms with E-state index in [0.717, 1.165) is 35.7 Å². The van der Waals surface area contributed by atoms with Crippen molar-refractivity contribution >= 4 is 28.2 Å². The van der Waals surface area contributed by atoms with Gasteiger partial charge in [0.1, 0.15) is 11.1 Å². The van der Waals surface area contributed by atoms with Gasteiger partial charge in [0, 0.05) is 12.3 Å². The number of hydrogen-bond acceptors (Lipinski definition) is 5. The number of nitrogens with one attached hydrogen (secondary N) is 2. The first-order valence-electron chi connectivity index (χ1n) is 6.80. The van der Waals surface area contributed by atoms with Gasteiger partial charge in [0.25, 0.3) is 0 Å². The van der Waals surface area contributed by atoms with E-state index in [9.17, 15) is 4.79 Å². The molecule has 1 atom stereocenters. The van der Waals surface area contributed by atoms with Crippen molar-refractivity contribution < 1.29 is 9.53 Å². The largest absolute Gasteiger partial charge is 0.371 e. The number of aromatic nitrogens is 2. The average molecular weight is 304 g/mol. The van der Waals surface area contributed by atoms with Crippen molar-refractivity contribution in [3.05, 3.63) is 34.8 Å². The van der Waals surface area contributed by atoms with E-state index >= 15 is 0 Å². The molecule has 1 aromatic carbocycles. The fraction of sp³-hybridized carbons (Fsp3) is 0.357. The van der Waals surface area contributed by atoms with E-state index in [1.807, 2.05) is 31.2 Å². The first kappa shape index (κ1) is 14.0. The van der Waals surface area contributed by atoms with Crippen LogP contribution in [0.4, 0.5) is 15.6 Å². The van der Waals surface area contributed by atoms with Crippen LogP contribution < -0.4 is 10.6 Å². The summed E-state index contributed by atoms with van der Waals surface area (Å²) in [5.41, 5.74) is 1.88. The molecule has 110 valence electrons. The fourth-order valence-electron chi connectivity index (χ4n) is 2.08. The molecule has 21 heavy (non-hydrogen) atoms. The van der Waals surface area contributed by atoms with Crippen LogP contribution in [0.2, 0.25) is 0 Å². The number of amides is 2. The highest BCUT2D eigenvalue weighted by atomic mass is 32.1. The minimum Gasteiger partial charge on any atom is -0.371 e. The van der Waals surface area contributed by atoms with Gasteiger partial charge in [-0.15, -0.1) is 10.2 Å². The van der Waals surface area contributed by atoms with Crippen LogP contribution in [0.15, 0.2) is 24.3 Å². The maximum absolute atomic E-state index is 11.9. The minimum absolute atomic E-state index is 0.0261. The maximum Gasteiger partial charge on any atom is 0.325 e. The monoisotopic (exact) mass is 304 g/mol. The predicted octanol–water partition coefficient (Wildman–Crippen LogP) is 3.34. The standard InChI is InChI=1S/C14H16N4O2S/c1-9-4-6-10(7-5-9)15-13(19)16-14-18-17-12(21-14)11-3-2-8-20-11/h4-7,11H,2-3,8H2,1H3,(H2,15,16,18,19). The van der Waals surface area contributed by atoms with Gasteiger partial charge < -0.3 is 10.1 Å². The summed E-state index contributed by atoms with van der Waals surface area (Å²) in [6.07, 6.45) is 2.03. The molecular weight excluding hydrogens is 288 g/mol. The molecular formula is C14H16N4O2S. The lowest BCUT2D eigenvalue weighted by Gasteiger charge is -2.05. The van der Waals surface area contributed by atoms with E-state index in [4.69, 9.17) is 4.74 Å². The molecule has 1 fully saturated rings. The quantitative estimate of drug-likeness (QED) is 0.911. The second-order valence-corrected chi connectivity index (χ2v) is 5.90. The molecule has 1 saturated heterocycles. The van der Waals surface area contributed by atoms with Gasteiger partial charge in [0.05, 0.1) is 0 Å². The number of hydrogen-bond donors (Lipinski definition) is 2. The highest BCUT2D eigenvalue weighted by Gasteiger charge is 2.22. The predicted molar refractivity (Wildman–Crippen MR) is 81.7 cm³/mol. The molecule has 0 spiro atoms. The van der Waals surface area contributed by atoms with Crippen LogP contribution >= 0.6 is 11.3 Å².